The number of fused-ring (bicyclic) bond motifs is 1. The van der Waals surface area contributed by atoms with Crippen molar-refractivity contribution < 1.29 is 9.53 Å². The predicted octanol–water partition coefficient (Wildman–Crippen LogP) is 6.43. The number of hydrogen-bond acceptors (Lipinski definition) is 4. The van der Waals surface area contributed by atoms with Crippen LogP contribution in [-0.4, -0.2) is 40.2 Å². The molecule has 0 unspecified atom stereocenters. The van der Waals surface area contributed by atoms with Gasteiger partial charge in [0.2, 0.25) is 0 Å². The highest BCUT2D eigenvalue weighted by Gasteiger charge is 2.27. The van der Waals surface area contributed by atoms with Gasteiger partial charge in [-0.05, 0) is 55.7 Å². The largest absolute Gasteiger partial charge is 0.450 e. The van der Waals surface area contributed by atoms with Gasteiger partial charge in [0.15, 0.2) is 5.16 Å². The summed E-state index contributed by atoms with van der Waals surface area (Å²) in [6.45, 7) is 3.57. The highest BCUT2D eigenvalue weighted by atomic mass is 35.5. The Kier molecular flexibility index (Phi) is 6.76. The van der Waals surface area contributed by atoms with Gasteiger partial charge in [0.1, 0.15) is 0 Å². The summed E-state index contributed by atoms with van der Waals surface area (Å²) < 4.78 is 7.45. The Hall–Kier alpha value is -1.89. The molecule has 1 fully saturated rings. The first-order valence-electron chi connectivity index (χ1n) is 10.0. The van der Waals surface area contributed by atoms with Crippen molar-refractivity contribution in [1.29, 1.82) is 0 Å². The number of amides is 1. The molecule has 0 spiro atoms. The van der Waals surface area contributed by atoms with Crippen molar-refractivity contribution in [2.24, 2.45) is 0 Å². The van der Waals surface area contributed by atoms with E-state index < -0.39 is 0 Å². The van der Waals surface area contributed by atoms with E-state index in [4.69, 9.17) is 32.9 Å². The van der Waals surface area contributed by atoms with Crippen LogP contribution < -0.4 is 0 Å². The molecule has 1 amide bonds. The molecule has 0 N–H and O–H groups in total. The number of carbonyl (C=O) groups excluding carboxylic acids is 1. The van der Waals surface area contributed by atoms with Gasteiger partial charge in [-0.15, -0.1) is 0 Å². The molecule has 0 saturated carbocycles. The van der Waals surface area contributed by atoms with Gasteiger partial charge in [-0.1, -0.05) is 47.1 Å². The molecule has 1 aliphatic rings. The molecule has 0 radical (unpaired) electrons. The highest BCUT2D eigenvalue weighted by molar-refractivity contribution is 7.98. The lowest BCUT2D eigenvalue weighted by atomic mass is 10.1. The summed E-state index contributed by atoms with van der Waals surface area (Å²) in [5, 5.41) is 2.40. The SMILES string of the molecule is CCOC(=O)N1CCC(n2c(SCc3ccc(Cl)cc3)nc3ccc(Cl)cc32)CC1. The number of aromatic nitrogens is 2. The Morgan fingerprint density at radius 2 is 1.83 bits per heavy atom. The monoisotopic (exact) mass is 463 g/mol. The fraction of sp³-hybridized carbons (Fsp3) is 0.364. The van der Waals surface area contributed by atoms with Gasteiger partial charge in [-0.25, -0.2) is 9.78 Å². The Labute approximate surface area is 190 Å². The van der Waals surface area contributed by atoms with E-state index in [1.54, 1.807) is 16.7 Å². The maximum absolute atomic E-state index is 12.1. The molecule has 5 nitrogen and oxygen atoms in total. The average Bonchev–Trinajstić information content (AvgIpc) is 3.11. The molecule has 0 aliphatic carbocycles. The quantitative estimate of drug-likeness (QED) is 0.409. The summed E-state index contributed by atoms with van der Waals surface area (Å²) in [7, 11) is 0. The van der Waals surface area contributed by atoms with Crippen molar-refractivity contribution in [1.82, 2.24) is 14.5 Å². The van der Waals surface area contributed by atoms with Gasteiger partial charge in [0.05, 0.1) is 17.6 Å². The minimum atomic E-state index is -0.230. The second kappa shape index (κ2) is 9.50. The minimum absolute atomic E-state index is 0.230. The summed E-state index contributed by atoms with van der Waals surface area (Å²) in [5.74, 6) is 0.801. The lowest BCUT2D eigenvalue weighted by Gasteiger charge is -2.32. The van der Waals surface area contributed by atoms with Crippen LogP contribution in [0.3, 0.4) is 0 Å². The van der Waals surface area contributed by atoms with Crippen molar-refractivity contribution >= 4 is 52.1 Å². The lowest BCUT2D eigenvalue weighted by Crippen LogP contribution is -2.39. The van der Waals surface area contributed by atoms with Crippen LogP contribution in [0.25, 0.3) is 11.0 Å². The van der Waals surface area contributed by atoms with Crippen LogP contribution in [0, 0.1) is 0 Å². The molecule has 0 atom stereocenters. The number of ether oxygens (including phenoxy) is 1. The fourth-order valence-corrected chi connectivity index (χ4v) is 5.08. The number of piperidine rings is 1. The molecule has 1 saturated heterocycles. The van der Waals surface area contributed by atoms with Crippen LogP contribution >= 0.6 is 35.0 Å². The summed E-state index contributed by atoms with van der Waals surface area (Å²) in [6, 6.07) is 14.0. The topological polar surface area (TPSA) is 47.4 Å². The zero-order valence-electron chi connectivity index (χ0n) is 16.7. The zero-order valence-corrected chi connectivity index (χ0v) is 19.0. The standard InChI is InChI=1S/C22H23Cl2N3O2S/c1-2-29-22(28)26-11-9-18(10-12-26)27-20-13-17(24)7-8-19(20)25-21(27)30-14-15-3-5-16(23)6-4-15/h3-8,13,18H,2,9-12,14H2,1H3. The summed E-state index contributed by atoms with van der Waals surface area (Å²) in [5.41, 5.74) is 3.17. The molecule has 4 rings (SSSR count). The molecule has 2 heterocycles. The van der Waals surface area contributed by atoms with Crippen molar-refractivity contribution in [3.8, 4) is 0 Å². The number of imidazole rings is 1. The van der Waals surface area contributed by atoms with Gasteiger partial charge in [-0.2, -0.15) is 0 Å². The molecule has 8 heteroatoms. The third-order valence-corrected chi connectivity index (χ3v) is 6.77. The van der Waals surface area contributed by atoms with Crippen LogP contribution in [0.2, 0.25) is 10.0 Å². The number of thioether (sulfide) groups is 1. The second-order valence-corrected chi connectivity index (χ2v) is 9.05. The Balaban J connectivity index is 1.57. The first-order valence-corrected chi connectivity index (χ1v) is 11.8. The third-order valence-electron chi connectivity index (χ3n) is 5.26. The van der Waals surface area contributed by atoms with E-state index in [1.165, 1.54) is 5.56 Å². The Bertz CT molecular complexity index is 1030. The van der Waals surface area contributed by atoms with E-state index in [0.29, 0.717) is 24.7 Å². The molecule has 3 aromatic rings. The third kappa shape index (κ3) is 4.71. The summed E-state index contributed by atoms with van der Waals surface area (Å²) in [4.78, 5) is 18.7. The van der Waals surface area contributed by atoms with Crippen LogP contribution in [0.4, 0.5) is 4.79 Å². The molecule has 1 aromatic heterocycles. The van der Waals surface area contributed by atoms with Gasteiger partial charge in [-0.3, -0.25) is 0 Å². The van der Waals surface area contributed by atoms with Gasteiger partial charge >= 0.3 is 6.09 Å². The zero-order chi connectivity index (χ0) is 21.1. The van der Waals surface area contributed by atoms with E-state index >= 15 is 0 Å². The summed E-state index contributed by atoms with van der Waals surface area (Å²) >= 11 is 14.0. The molecule has 158 valence electrons. The van der Waals surface area contributed by atoms with E-state index in [0.717, 1.165) is 39.8 Å². The van der Waals surface area contributed by atoms with E-state index in [1.807, 2.05) is 49.4 Å². The van der Waals surface area contributed by atoms with Crippen molar-refractivity contribution in [3.63, 3.8) is 0 Å². The van der Waals surface area contributed by atoms with Gasteiger partial charge < -0.3 is 14.2 Å². The first-order chi connectivity index (χ1) is 14.5. The molecule has 30 heavy (non-hydrogen) atoms. The van der Waals surface area contributed by atoms with E-state index in [9.17, 15) is 4.79 Å². The van der Waals surface area contributed by atoms with Crippen molar-refractivity contribution in [3.05, 3.63) is 58.1 Å². The maximum Gasteiger partial charge on any atom is 0.409 e. The van der Waals surface area contributed by atoms with Crippen LogP contribution in [0.1, 0.15) is 31.4 Å². The normalized spacial score (nSPS) is 15.0. The number of benzene rings is 2. The maximum atomic E-state index is 12.1. The highest BCUT2D eigenvalue weighted by Crippen LogP contribution is 2.35. The molecule has 1 aliphatic heterocycles. The number of likely N-dealkylation sites (tertiary alicyclic amines) is 1. The average molecular weight is 464 g/mol. The van der Waals surface area contributed by atoms with E-state index in [2.05, 4.69) is 4.57 Å². The number of nitrogens with zero attached hydrogens (tertiary/aromatic N) is 3. The second-order valence-electron chi connectivity index (χ2n) is 7.23. The number of rotatable bonds is 5. The molecule has 0 bridgehead atoms. The molecule has 2 aromatic carbocycles. The summed E-state index contributed by atoms with van der Waals surface area (Å²) in [6.07, 6.45) is 1.48. The van der Waals surface area contributed by atoms with Crippen LogP contribution in [-0.2, 0) is 10.5 Å². The minimum Gasteiger partial charge on any atom is -0.450 e. The first kappa shape index (κ1) is 21.3. The number of halogens is 2. The van der Waals surface area contributed by atoms with Crippen LogP contribution in [0.5, 0.6) is 0 Å². The Morgan fingerprint density at radius 1 is 1.13 bits per heavy atom. The van der Waals surface area contributed by atoms with Crippen molar-refractivity contribution in [2.45, 2.75) is 36.7 Å². The van der Waals surface area contributed by atoms with Crippen molar-refractivity contribution in [2.75, 3.05) is 19.7 Å². The lowest BCUT2D eigenvalue weighted by molar-refractivity contribution is 0.0923. The number of hydrogen-bond donors (Lipinski definition) is 0. The van der Waals surface area contributed by atoms with Crippen LogP contribution in [0.15, 0.2) is 47.6 Å². The van der Waals surface area contributed by atoms with Gasteiger partial charge in [0.25, 0.3) is 0 Å². The fourth-order valence-electron chi connectivity index (χ4n) is 3.75. The molecular formula is C22H23Cl2N3O2S. The smallest absolute Gasteiger partial charge is 0.409 e. The predicted molar refractivity (Wildman–Crippen MR) is 123 cm³/mol. The van der Waals surface area contributed by atoms with Gasteiger partial charge in [0, 0.05) is 34.9 Å². The molecular weight excluding hydrogens is 441 g/mol. The number of carbonyl (C=O) groups is 1. The van der Waals surface area contributed by atoms with E-state index in [-0.39, 0.29) is 12.1 Å². The Morgan fingerprint density at radius 3 is 2.53 bits per heavy atom.